The quantitative estimate of drug-likeness (QED) is 0.0180. The molecule has 10 nitrogen and oxygen atoms in total. The summed E-state index contributed by atoms with van der Waals surface area (Å²) in [5.41, 5.74) is 5.33. The maximum atomic E-state index is 12.5. The zero-order valence-corrected chi connectivity index (χ0v) is 35.6. The van der Waals surface area contributed by atoms with E-state index < -0.39 is 38.6 Å². The van der Waals surface area contributed by atoms with Crippen LogP contribution in [0.5, 0.6) is 0 Å². The Morgan fingerprint density at radius 1 is 0.625 bits per heavy atom. The monoisotopic (exact) mass is 806 g/mol. The summed E-state index contributed by atoms with van der Waals surface area (Å²) < 4.78 is 32.6. The molecule has 0 spiro atoms. The van der Waals surface area contributed by atoms with E-state index in [4.69, 9.17) is 24.3 Å². The molecule has 11 heteroatoms. The van der Waals surface area contributed by atoms with Gasteiger partial charge in [-0.15, -0.1) is 0 Å². The number of hydrogen-bond acceptors (Lipinski definition) is 9. The van der Waals surface area contributed by atoms with Gasteiger partial charge in [-0.3, -0.25) is 18.6 Å². The van der Waals surface area contributed by atoms with Crippen molar-refractivity contribution in [3.63, 3.8) is 0 Å². The average molecular weight is 806 g/mol. The Kier molecular flexibility index (Phi) is 38.3. The second-order valence-corrected chi connectivity index (χ2v) is 15.2. The number of aliphatic hydroxyl groups is 1. The summed E-state index contributed by atoms with van der Waals surface area (Å²) in [4.78, 5) is 34.8. The van der Waals surface area contributed by atoms with Crippen LogP contribution in [-0.4, -0.2) is 60.5 Å². The van der Waals surface area contributed by atoms with E-state index in [1.807, 2.05) is 42.5 Å². The molecule has 320 valence electrons. The van der Waals surface area contributed by atoms with Crippen LogP contribution < -0.4 is 5.73 Å². The second-order valence-electron chi connectivity index (χ2n) is 13.7. The van der Waals surface area contributed by atoms with Gasteiger partial charge in [-0.25, -0.2) is 4.57 Å². The van der Waals surface area contributed by atoms with E-state index in [9.17, 15) is 24.2 Å². The van der Waals surface area contributed by atoms with Gasteiger partial charge in [0.1, 0.15) is 6.61 Å². The summed E-state index contributed by atoms with van der Waals surface area (Å²) in [5.74, 6) is -1.00. The third-order valence-electron chi connectivity index (χ3n) is 8.33. The molecule has 0 aromatic carbocycles. The highest BCUT2D eigenvalue weighted by Gasteiger charge is 2.25. The summed E-state index contributed by atoms with van der Waals surface area (Å²) in [6.45, 7) is 3.46. The van der Waals surface area contributed by atoms with Crippen molar-refractivity contribution in [2.75, 3.05) is 26.4 Å². The number of phosphoric acid groups is 1. The lowest BCUT2D eigenvalue weighted by Gasteiger charge is -2.19. The fourth-order valence-corrected chi connectivity index (χ4v) is 5.90. The van der Waals surface area contributed by atoms with Crippen LogP contribution in [0.3, 0.4) is 0 Å². The van der Waals surface area contributed by atoms with Gasteiger partial charge in [-0.2, -0.15) is 0 Å². The van der Waals surface area contributed by atoms with Gasteiger partial charge < -0.3 is 25.2 Å². The molecule has 0 fully saturated rings. The molecule has 0 aromatic rings. The van der Waals surface area contributed by atoms with Crippen molar-refractivity contribution >= 4 is 19.8 Å². The topological polar surface area (TPSA) is 155 Å². The van der Waals surface area contributed by atoms with Crippen molar-refractivity contribution in [3.8, 4) is 0 Å². The number of ether oxygens (including phenoxy) is 2. The van der Waals surface area contributed by atoms with Gasteiger partial charge in [0.25, 0.3) is 0 Å². The molecule has 4 N–H and O–H groups in total. The molecule has 0 heterocycles. The number of nitrogens with two attached hydrogens (primary N) is 1. The number of phosphoric ester groups is 1. The maximum Gasteiger partial charge on any atom is 0.472 e. The van der Waals surface area contributed by atoms with Crippen LogP contribution in [0.15, 0.2) is 85.1 Å². The maximum absolute atomic E-state index is 12.5. The highest BCUT2D eigenvalue weighted by molar-refractivity contribution is 7.47. The van der Waals surface area contributed by atoms with Gasteiger partial charge in [-0.05, 0) is 77.0 Å². The number of hydrogen-bond donors (Lipinski definition) is 3. The first kappa shape index (κ1) is 53.1. The van der Waals surface area contributed by atoms with E-state index in [-0.39, 0.29) is 32.6 Å². The predicted octanol–water partition coefficient (Wildman–Crippen LogP) is 11.0. The molecule has 0 aliphatic heterocycles. The van der Waals surface area contributed by atoms with Crippen molar-refractivity contribution < 1.29 is 42.7 Å². The van der Waals surface area contributed by atoms with E-state index in [1.165, 1.54) is 57.8 Å². The fraction of sp³-hybridized carbons (Fsp3) is 0.644. The second kappa shape index (κ2) is 40.4. The molecule has 3 atom stereocenters. The Morgan fingerprint density at radius 3 is 1.79 bits per heavy atom. The van der Waals surface area contributed by atoms with Crippen molar-refractivity contribution in [1.82, 2.24) is 0 Å². The Morgan fingerprint density at radius 2 is 1.14 bits per heavy atom. The van der Waals surface area contributed by atoms with Gasteiger partial charge in [0.15, 0.2) is 6.10 Å². The molecule has 0 bridgehead atoms. The predicted molar refractivity (Wildman–Crippen MR) is 230 cm³/mol. The molecule has 0 aliphatic rings. The third-order valence-corrected chi connectivity index (χ3v) is 9.32. The molecule has 0 aliphatic carbocycles. The van der Waals surface area contributed by atoms with Gasteiger partial charge >= 0.3 is 19.8 Å². The molecule has 0 aromatic heterocycles. The Hall–Kier alpha value is -2.85. The molecular formula is C45H76NO9P. The number of carbonyl (C=O) groups is 2. The van der Waals surface area contributed by atoms with Crippen LogP contribution in [0.4, 0.5) is 0 Å². The number of aliphatic hydroxyl groups excluding tert-OH is 1. The summed E-state index contributed by atoms with van der Waals surface area (Å²) in [6, 6.07) is 0. The number of rotatable bonds is 38. The molecule has 0 rings (SSSR count). The zero-order valence-electron chi connectivity index (χ0n) is 34.7. The lowest BCUT2D eigenvalue weighted by Crippen LogP contribution is -2.29. The normalized spacial score (nSPS) is 14.7. The van der Waals surface area contributed by atoms with Gasteiger partial charge in [0.05, 0.1) is 19.3 Å². The Labute approximate surface area is 339 Å². The van der Waals surface area contributed by atoms with E-state index in [2.05, 4.69) is 50.3 Å². The van der Waals surface area contributed by atoms with Crippen LogP contribution in [0.2, 0.25) is 0 Å². The lowest BCUT2D eigenvalue weighted by molar-refractivity contribution is -0.161. The number of carbonyl (C=O) groups excluding carboxylic acids is 2. The highest BCUT2D eigenvalue weighted by atomic mass is 31.2. The third kappa shape index (κ3) is 39.4. The first-order chi connectivity index (χ1) is 27.2. The van der Waals surface area contributed by atoms with Crippen molar-refractivity contribution in [3.05, 3.63) is 85.1 Å². The van der Waals surface area contributed by atoms with E-state index in [0.717, 1.165) is 32.1 Å². The molecule has 0 amide bonds. The van der Waals surface area contributed by atoms with Crippen LogP contribution >= 0.6 is 7.82 Å². The molecule has 1 unspecified atom stereocenters. The number of esters is 2. The van der Waals surface area contributed by atoms with Crippen molar-refractivity contribution in [2.45, 2.75) is 161 Å². The van der Waals surface area contributed by atoms with Gasteiger partial charge in [-0.1, -0.05) is 144 Å². The molecular weight excluding hydrogens is 729 g/mol. The van der Waals surface area contributed by atoms with Crippen LogP contribution in [0, 0.1) is 0 Å². The van der Waals surface area contributed by atoms with E-state index >= 15 is 0 Å². The van der Waals surface area contributed by atoms with Gasteiger partial charge in [0.2, 0.25) is 0 Å². The van der Waals surface area contributed by atoms with Crippen LogP contribution in [0.1, 0.15) is 149 Å². The number of allylic oxidation sites excluding steroid dienone is 12. The minimum absolute atomic E-state index is 0.0239. The highest BCUT2D eigenvalue weighted by Crippen LogP contribution is 2.43. The molecule has 0 saturated carbocycles. The van der Waals surface area contributed by atoms with Crippen molar-refractivity contribution in [2.24, 2.45) is 5.73 Å². The van der Waals surface area contributed by atoms with Gasteiger partial charge in [0, 0.05) is 19.4 Å². The smallest absolute Gasteiger partial charge is 0.462 e. The average Bonchev–Trinajstić information content (AvgIpc) is 3.18. The molecule has 56 heavy (non-hydrogen) atoms. The Balaban J connectivity index is 4.44. The summed E-state index contributed by atoms with van der Waals surface area (Å²) in [5, 5.41) is 10.0. The minimum Gasteiger partial charge on any atom is -0.462 e. The SMILES string of the molecule is CCCCC/C=C\C[C@H](O)/C=C/C=C\C/C=C\CCCC(=O)O[C@H](COC(=O)CCC/C=C\C/C=C\C/C=C\CCCCCCCC)COP(=O)(O)OCCN. The van der Waals surface area contributed by atoms with E-state index in [1.54, 1.807) is 6.08 Å². The minimum atomic E-state index is -4.42. The first-order valence-electron chi connectivity index (χ1n) is 21.2. The largest absolute Gasteiger partial charge is 0.472 e. The summed E-state index contributed by atoms with van der Waals surface area (Å²) in [6.07, 6.45) is 46.6. The summed E-state index contributed by atoms with van der Waals surface area (Å²) >= 11 is 0. The van der Waals surface area contributed by atoms with Crippen LogP contribution in [0.25, 0.3) is 0 Å². The summed E-state index contributed by atoms with van der Waals surface area (Å²) in [7, 11) is -4.42. The Bertz CT molecular complexity index is 1210. The van der Waals surface area contributed by atoms with Crippen molar-refractivity contribution in [1.29, 1.82) is 0 Å². The zero-order chi connectivity index (χ0) is 41.2. The molecule has 0 radical (unpaired) electrons. The van der Waals surface area contributed by atoms with E-state index in [0.29, 0.717) is 32.1 Å². The van der Waals surface area contributed by atoms with Crippen LogP contribution in [-0.2, 0) is 32.7 Å². The number of unbranched alkanes of at least 4 members (excludes halogenated alkanes) is 11. The fourth-order valence-electron chi connectivity index (χ4n) is 5.14. The molecule has 0 saturated heterocycles. The standard InChI is InChI=1S/C45H76NO9P/c1-3-5-7-9-11-12-13-14-15-16-17-18-19-20-24-28-32-36-44(48)52-40-43(41-54-56(50,51)53-39-38-46)55-45(49)37-33-29-25-22-21-23-27-31-35-42(47)34-30-26-10-8-6-4-2/h14-15,17-18,20,22-27,30-31,35,42-43,47H,3-13,16,19,21,28-29,32-34,36-41,46H2,1-2H3,(H,50,51)/b15-14-,18-17-,24-20-,25-22-,27-23-,30-26-,35-31+/t42-,43+/m0/s1. The lowest BCUT2D eigenvalue weighted by atomic mass is 10.1. The first-order valence-corrected chi connectivity index (χ1v) is 22.7.